The summed E-state index contributed by atoms with van der Waals surface area (Å²) in [5.41, 5.74) is 1.74. The molecule has 0 aliphatic rings. The van der Waals surface area contributed by atoms with Crippen molar-refractivity contribution in [3.63, 3.8) is 0 Å². The van der Waals surface area contributed by atoms with E-state index in [-0.39, 0.29) is 18.7 Å². The number of benzene rings is 1. The number of aliphatic hydroxyl groups excluding tert-OH is 1. The Morgan fingerprint density at radius 1 is 1.19 bits per heavy atom. The molecule has 0 aromatic heterocycles. The molecule has 1 rings (SSSR count). The molecule has 0 spiro atoms. The number of nitrogens with one attached hydrogen (secondary N) is 2. The Hall–Kier alpha value is -1.59. The van der Waals surface area contributed by atoms with Crippen molar-refractivity contribution < 1.29 is 14.6 Å². The highest BCUT2D eigenvalue weighted by Crippen LogP contribution is 2.07. The van der Waals surface area contributed by atoms with Gasteiger partial charge in [0.1, 0.15) is 0 Å². The van der Waals surface area contributed by atoms with Gasteiger partial charge in [-0.1, -0.05) is 38.1 Å². The van der Waals surface area contributed by atoms with Crippen LogP contribution in [0.2, 0.25) is 0 Å². The van der Waals surface area contributed by atoms with Gasteiger partial charge >= 0.3 is 6.03 Å². The highest BCUT2D eigenvalue weighted by Gasteiger charge is 2.08. The Bertz CT molecular complexity index is 435. The molecule has 5 heteroatoms. The van der Waals surface area contributed by atoms with Crippen LogP contribution in [0, 0.1) is 5.92 Å². The first-order chi connectivity index (χ1) is 10.0. The maximum atomic E-state index is 11.8. The first-order valence-electron chi connectivity index (χ1n) is 7.32. The first kappa shape index (κ1) is 17.5. The Kier molecular flexibility index (Phi) is 7.79. The molecule has 1 aromatic carbocycles. The summed E-state index contributed by atoms with van der Waals surface area (Å²) >= 11 is 0. The van der Waals surface area contributed by atoms with E-state index >= 15 is 0 Å². The number of hydrogen-bond acceptors (Lipinski definition) is 3. The Balaban J connectivity index is 2.30. The van der Waals surface area contributed by atoms with Crippen LogP contribution in [0.25, 0.3) is 0 Å². The van der Waals surface area contributed by atoms with E-state index in [0.29, 0.717) is 25.7 Å². The van der Waals surface area contributed by atoms with Crippen molar-refractivity contribution in [3.8, 4) is 0 Å². The SMILES string of the molecule is CC(C)COCC(C)NC(=O)NCc1ccccc1CO. The summed E-state index contributed by atoms with van der Waals surface area (Å²) in [6.45, 7) is 7.63. The Morgan fingerprint density at radius 2 is 1.86 bits per heavy atom. The second-order valence-corrected chi connectivity index (χ2v) is 5.59. The zero-order valence-corrected chi connectivity index (χ0v) is 13.1. The van der Waals surface area contributed by atoms with Crippen LogP contribution in [0.15, 0.2) is 24.3 Å². The van der Waals surface area contributed by atoms with E-state index in [2.05, 4.69) is 24.5 Å². The zero-order chi connectivity index (χ0) is 15.7. The molecule has 0 aliphatic heterocycles. The number of amides is 2. The number of carbonyl (C=O) groups is 1. The van der Waals surface area contributed by atoms with E-state index in [9.17, 15) is 9.90 Å². The van der Waals surface area contributed by atoms with E-state index in [1.807, 2.05) is 31.2 Å². The van der Waals surface area contributed by atoms with Crippen molar-refractivity contribution in [2.24, 2.45) is 5.92 Å². The summed E-state index contributed by atoms with van der Waals surface area (Å²) in [7, 11) is 0. The normalized spacial score (nSPS) is 12.2. The molecular formula is C16H26N2O3. The summed E-state index contributed by atoms with van der Waals surface area (Å²) < 4.78 is 5.48. The van der Waals surface area contributed by atoms with Crippen molar-refractivity contribution in [2.45, 2.75) is 40.0 Å². The highest BCUT2D eigenvalue weighted by atomic mass is 16.5. The number of carbonyl (C=O) groups excluding carboxylic acids is 1. The van der Waals surface area contributed by atoms with E-state index in [1.54, 1.807) is 0 Å². The highest BCUT2D eigenvalue weighted by molar-refractivity contribution is 5.74. The number of urea groups is 1. The molecule has 3 N–H and O–H groups in total. The molecule has 0 aliphatic carbocycles. The molecule has 118 valence electrons. The molecule has 0 saturated carbocycles. The van der Waals surface area contributed by atoms with Crippen molar-refractivity contribution in [1.82, 2.24) is 10.6 Å². The predicted molar refractivity (Wildman–Crippen MR) is 82.9 cm³/mol. The van der Waals surface area contributed by atoms with Crippen LogP contribution in [0.5, 0.6) is 0 Å². The van der Waals surface area contributed by atoms with Gasteiger partial charge in [-0.25, -0.2) is 4.79 Å². The van der Waals surface area contributed by atoms with Gasteiger partial charge in [-0.3, -0.25) is 0 Å². The summed E-state index contributed by atoms with van der Waals surface area (Å²) in [5, 5.41) is 14.8. The van der Waals surface area contributed by atoms with Crippen LogP contribution in [0.3, 0.4) is 0 Å². The third kappa shape index (κ3) is 7.11. The minimum Gasteiger partial charge on any atom is -0.392 e. The second-order valence-electron chi connectivity index (χ2n) is 5.59. The fourth-order valence-electron chi connectivity index (χ4n) is 1.86. The molecule has 2 amide bonds. The van der Waals surface area contributed by atoms with Gasteiger partial charge in [0.15, 0.2) is 0 Å². The average Bonchev–Trinajstić information content (AvgIpc) is 2.45. The van der Waals surface area contributed by atoms with Crippen molar-refractivity contribution >= 4 is 6.03 Å². The number of aliphatic hydroxyl groups is 1. The first-order valence-corrected chi connectivity index (χ1v) is 7.32. The van der Waals surface area contributed by atoms with Gasteiger partial charge in [0.25, 0.3) is 0 Å². The molecule has 1 atom stereocenters. The van der Waals surface area contributed by atoms with Crippen LogP contribution in [0.4, 0.5) is 4.79 Å². The maximum absolute atomic E-state index is 11.8. The van der Waals surface area contributed by atoms with E-state index in [4.69, 9.17) is 4.74 Å². The van der Waals surface area contributed by atoms with Gasteiger partial charge in [0.05, 0.1) is 19.3 Å². The quantitative estimate of drug-likeness (QED) is 0.687. The van der Waals surface area contributed by atoms with Gasteiger partial charge < -0.3 is 20.5 Å². The molecule has 0 bridgehead atoms. The van der Waals surface area contributed by atoms with E-state index < -0.39 is 0 Å². The van der Waals surface area contributed by atoms with E-state index in [0.717, 1.165) is 11.1 Å². The largest absolute Gasteiger partial charge is 0.392 e. The zero-order valence-electron chi connectivity index (χ0n) is 13.1. The molecule has 5 nitrogen and oxygen atoms in total. The molecule has 1 aromatic rings. The third-order valence-electron chi connectivity index (χ3n) is 2.92. The van der Waals surface area contributed by atoms with Crippen molar-refractivity contribution in [3.05, 3.63) is 35.4 Å². The number of hydrogen-bond donors (Lipinski definition) is 3. The monoisotopic (exact) mass is 294 g/mol. The third-order valence-corrected chi connectivity index (χ3v) is 2.92. The standard InChI is InChI=1S/C16H26N2O3/c1-12(2)10-21-11-13(3)18-16(20)17-8-14-6-4-5-7-15(14)9-19/h4-7,12-13,19H,8-11H2,1-3H3,(H2,17,18,20). The lowest BCUT2D eigenvalue weighted by Gasteiger charge is -2.16. The molecule has 0 saturated heterocycles. The fraction of sp³-hybridized carbons (Fsp3) is 0.562. The van der Waals surface area contributed by atoms with Gasteiger partial charge in [-0.15, -0.1) is 0 Å². The predicted octanol–water partition coefficient (Wildman–Crippen LogP) is 2.04. The summed E-state index contributed by atoms with van der Waals surface area (Å²) in [6, 6.07) is 7.21. The fourth-order valence-corrected chi connectivity index (χ4v) is 1.86. The van der Waals surface area contributed by atoms with Crippen LogP contribution in [-0.2, 0) is 17.9 Å². The second kappa shape index (κ2) is 9.37. The molecule has 21 heavy (non-hydrogen) atoms. The van der Waals surface area contributed by atoms with Crippen LogP contribution >= 0.6 is 0 Å². The minimum absolute atomic E-state index is 0.0289. The van der Waals surface area contributed by atoms with Gasteiger partial charge in [-0.05, 0) is 24.0 Å². The van der Waals surface area contributed by atoms with Gasteiger partial charge in [0.2, 0.25) is 0 Å². The maximum Gasteiger partial charge on any atom is 0.315 e. The van der Waals surface area contributed by atoms with Crippen LogP contribution in [0.1, 0.15) is 31.9 Å². The van der Waals surface area contributed by atoms with Crippen LogP contribution in [-0.4, -0.2) is 30.4 Å². The van der Waals surface area contributed by atoms with Gasteiger partial charge in [0, 0.05) is 13.2 Å². The summed E-state index contributed by atoms with van der Waals surface area (Å²) in [4.78, 5) is 11.8. The molecule has 0 heterocycles. The summed E-state index contributed by atoms with van der Waals surface area (Å²) in [6.07, 6.45) is 0. The van der Waals surface area contributed by atoms with Crippen molar-refractivity contribution in [1.29, 1.82) is 0 Å². The lowest BCUT2D eigenvalue weighted by atomic mass is 10.1. The number of rotatable bonds is 8. The Morgan fingerprint density at radius 3 is 2.48 bits per heavy atom. The van der Waals surface area contributed by atoms with E-state index in [1.165, 1.54) is 0 Å². The van der Waals surface area contributed by atoms with Crippen LogP contribution < -0.4 is 10.6 Å². The lowest BCUT2D eigenvalue weighted by Crippen LogP contribution is -2.42. The Labute approximate surface area is 126 Å². The van der Waals surface area contributed by atoms with Crippen molar-refractivity contribution in [2.75, 3.05) is 13.2 Å². The lowest BCUT2D eigenvalue weighted by molar-refractivity contribution is 0.0954. The number of ether oxygens (including phenoxy) is 1. The summed E-state index contributed by atoms with van der Waals surface area (Å²) in [5.74, 6) is 0.487. The molecule has 0 radical (unpaired) electrons. The topological polar surface area (TPSA) is 70.6 Å². The minimum atomic E-state index is -0.233. The molecular weight excluding hydrogens is 268 g/mol. The molecule has 1 unspecified atom stereocenters. The molecule has 0 fully saturated rings. The average molecular weight is 294 g/mol. The van der Waals surface area contributed by atoms with Gasteiger partial charge in [-0.2, -0.15) is 0 Å². The smallest absolute Gasteiger partial charge is 0.315 e.